The van der Waals surface area contributed by atoms with E-state index in [4.69, 9.17) is 5.11 Å². The van der Waals surface area contributed by atoms with Crippen LogP contribution >= 0.6 is 0 Å². The van der Waals surface area contributed by atoms with Crippen molar-refractivity contribution < 1.29 is 9.90 Å². The number of nitrogens with one attached hydrogen (secondary N) is 1. The Bertz CT molecular complexity index is 154. The van der Waals surface area contributed by atoms with E-state index in [9.17, 15) is 4.79 Å². The Kier molecular flexibility index (Phi) is 4.54. The third kappa shape index (κ3) is 5.61. The first-order valence-electron chi connectivity index (χ1n) is 3.62. The molecule has 2 N–H and O–H groups in total. The minimum atomic E-state index is -0.765. The number of carboxylic acids is 1. The maximum Gasteiger partial charge on any atom is 0.307 e. The average Bonchev–Trinajstić information content (AvgIpc) is 1.86. The van der Waals surface area contributed by atoms with E-state index in [0.29, 0.717) is 13.1 Å². The molecule has 3 nitrogen and oxygen atoms in total. The lowest BCUT2D eigenvalue weighted by atomic mass is 10.2. The van der Waals surface area contributed by atoms with Gasteiger partial charge in [0.15, 0.2) is 0 Å². The highest BCUT2D eigenvalue weighted by molar-refractivity contribution is 5.69. The Labute approximate surface area is 67.1 Å². The number of hydrogen-bond acceptors (Lipinski definition) is 2. The standard InChI is InChI=1S/C8H15NO2/c1-6(2)4-9-5-7(3)8(10)11/h7,9H,1,4-5H2,2-3H3,(H,10,11). The fourth-order valence-electron chi connectivity index (χ4n) is 0.589. The van der Waals surface area contributed by atoms with Gasteiger partial charge in [-0.15, -0.1) is 0 Å². The molecule has 11 heavy (non-hydrogen) atoms. The predicted octanol–water partition coefficient (Wildman–Crippen LogP) is 0.873. The Balaban J connectivity index is 3.39. The smallest absolute Gasteiger partial charge is 0.307 e. The molecule has 0 aromatic rings. The van der Waals surface area contributed by atoms with Gasteiger partial charge in [0, 0.05) is 13.1 Å². The summed E-state index contributed by atoms with van der Waals surface area (Å²) in [5.74, 6) is -1.09. The summed E-state index contributed by atoms with van der Waals surface area (Å²) in [7, 11) is 0. The van der Waals surface area contributed by atoms with Crippen LogP contribution in [0, 0.1) is 5.92 Å². The van der Waals surface area contributed by atoms with Crippen LogP contribution in [0.25, 0.3) is 0 Å². The molecule has 0 heterocycles. The summed E-state index contributed by atoms with van der Waals surface area (Å²) < 4.78 is 0. The third-order valence-corrected chi connectivity index (χ3v) is 1.30. The van der Waals surface area contributed by atoms with Crippen molar-refractivity contribution in [2.45, 2.75) is 13.8 Å². The van der Waals surface area contributed by atoms with Gasteiger partial charge >= 0.3 is 5.97 Å². The first-order valence-corrected chi connectivity index (χ1v) is 3.62. The van der Waals surface area contributed by atoms with Gasteiger partial charge in [0.1, 0.15) is 0 Å². The molecule has 0 fully saturated rings. The minimum Gasteiger partial charge on any atom is -0.481 e. The van der Waals surface area contributed by atoms with Crippen molar-refractivity contribution in [3.8, 4) is 0 Å². The summed E-state index contributed by atoms with van der Waals surface area (Å²) in [5, 5.41) is 11.5. The van der Waals surface area contributed by atoms with Crippen molar-refractivity contribution in [2.75, 3.05) is 13.1 Å². The Hall–Kier alpha value is -0.830. The highest BCUT2D eigenvalue weighted by Crippen LogP contribution is 1.91. The third-order valence-electron chi connectivity index (χ3n) is 1.30. The average molecular weight is 157 g/mol. The summed E-state index contributed by atoms with van der Waals surface area (Å²) >= 11 is 0. The van der Waals surface area contributed by atoms with E-state index in [2.05, 4.69) is 11.9 Å². The van der Waals surface area contributed by atoms with E-state index < -0.39 is 5.97 Å². The monoisotopic (exact) mass is 157 g/mol. The van der Waals surface area contributed by atoms with Crippen molar-refractivity contribution in [2.24, 2.45) is 5.92 Å². The molecule has 0 aromatic carbocycles. The fourth-order valence-corrected chi connectivity index (χ4v) is 0.589. The molecule has 64 valence electrons. The van der Waals surface area contributed by atoms with E-state index in [1.807, 2.05) is 6.92 Å². The second-order valence-electron chi connectivity index (χ2n) is 2.83. The lowest BCUT2D eigenvalue weighted by Gasteiger charge is -2.06. The zero-order valence-electron chi connectivity index (χ0n) is 7.05. The van der Waals surface area contributed by atoms with E-state index in [-0.39, 0.29) is 5.92 Å². The molecule has 0 spiro atoms. The number of carboxylic acid groups (broad SMARTS) is 1. The van der Waals surface area contributed by atoms with E-state index >= 15 is 0 Å². The van der Waals surface area contributed by atoms with Gasteiger partial charge in [-0.1, -0.05) is 19.1 Å². The van der Waals surface area contributed by atoms with Crippen LogP contribution in [0.1, 0.15) is 13.8 Å². The molecule has 3 heteroatoms. The molecule has 0 aliphatic heterocycles. The van der Waals surface area contributed by atoms with Gasteiger partial charge in [-0.2, -0.15) is 0 Å². The van der Waals surface area contributed by atoms with Gasteiger partial charge in [-0.3, -0.25) is 4.79 Å². The summed E-state index contributed by atoms with van der Waals surface area (Å²) in [6, 6.07) is 0. The molecular weight excluding hydrogens is 142 g/mol. The van der Waals surface area contributed by atoms with Gasteiger partial charge in [-0.25, -0.2) is 0 Å². The first kappa shape index (κ1) is 10.2. The molecule has 0 rings (SSSR count). The summed E-state index contributed by atoms with van der Waals surface area (Å²) in [5.41, 5.74) is 1.02. The fraction of sp³-hybridized carbons (Fsp3) is 0.625. The van der Waals surface area contributed by atoms with Crippen molar-refractivity contribution in [3.05, 3.63) is 12.2 Å². The van der Waals surface area contributed by atoms with Gasteiger partial charge in [0.25, 0.3) is 0 Å². The number of rotatable bonds is 5. The molecule has 0 aromatic heterocycles. The van der Waals surface area contributed by atoms with E-state index in [1.54, 1.807) is 6.92 Å². The molecule has 1 unspecified atom stereocenters. The minimum absolute atomic E-state index is 0.325. The zero-order valence-corrected chi connectivity index (χ0v) is 7.05. The highest BCUT2D eigenvalue weighted by Gasteiger charge is 2.08. The van der Waals surface area contributed by atoms with Gasteiger partial charge in [-0.05, 0) is 6.92 Å². The van der Waals surface area contributed by atoms with Crippen LogP contribution in [0.15, 0.2) is 12.2 Å². The van der Waals surface area contributed by atoms with Crippen LogP contribution in [0.3, 0.4) is 0 Å². The quantitative estimate of drug-likeness (QED) is 0.582. The molecule has 0 bridgehead atoms. The highest BCUT2D eigenvalue weighted by atomic mass is 16.4. The van der Waals surface area contributed by atoms with E-state index in [1.165, 1.54) is 0 Å². The molecule has 1 atom stereocenters. The lowest BCUT2D eigenvalue weighted by Crippen LogP contribution is -2.27. The molecule has 0 aliphatic rings. The zero-order chi connectivity index (χ0) is 8.85. The predicted molar refractivity (Wildman–Crippen MR) is 44.5 cm³/mol. The molecule has 0 saturated carbocycles. The number of aliphatic carboxylic acids is 1. The Morgan fingerprint density at radius 2 is 2.27 bits per heavy atom. The van der Waals surface area contributed by atoms with Crippen molar-refractivity contribution in [1.29, 1.82) is 0 Å². The van der Waals surface area contributed by atoms with Crippen LogP contribution in [0.2, 0.25) is 0 Å². The molecule has 0 saturated heterocycles. The summed E-state index contributed by atoms with van der Waals surface area (Å²) in [4.78, 5) is 10.3. The van der Waals surface area contributed by atoms with E-state index in [0.717, 1.165) is 5.57 Å². The Morgan fingerprint density at radius 3 is 2.64 bits per heavy atom. The van der Waals surface area contributed by atoms with Crippen LogP contribution in [-0.4, -0.2) is 24.2 Å². The topological polar surface area (TPSA) is 49.3 Å². The lowest BCUT2D eigenvalue weighted by molar-refractivity contribution is -0.140. The van der Waals surface area contributed by atoms with Gasteiger partial charge in [0.2, 0.25) is 0 Å². The van der Waals surface area contributed by atoms with Gasteiger partial charge < -0.3 is 10.4 Å². The normalized spacial score (nSPS) is 12.5. The number of hydrogen-bond donors (Lipinski definition) is 2. The van der Waals surface area contributed by atoms with Crippen LogP contribution in [0.5, 0.6) is 0 Å². The first-order chi connectivity index (χ1) is 5.04. The second kappa shape index (κ2) is 4.91. The van der Waals surface area contributed by atoms with Gasteiger partial charge in [0.05, 0.1) is 5.92 Å². The molecule has 0 radical (unpaired) electrons. The Morgan fingerprint density at radius 1 is 1.73 bits per heavy atom. The van der Waals surface area contributed by atoms with Crippen LogP contribution in [-0.2, 0) is 4.79 Å². The summed E-state index contributed by atoms with van der Waals surface area (Å²) in [6.45, 7) is 8.46. The SMILES string of the molecule is C=C(C)CNCC(C)C(=O)O. The molecular formula is C8H15NO2. The van der Waals surface area contributed by atoms with Crippen molar-refractivity contribution >= 4 is 5.97 Å². The summed E-state index contributed by atoms with van der Waals surface area (Å²) in [6.07, 6.45) is 0. The van der Waals surface area contributed by atoms with Crippen molar-refractivity contribution in [1.82, 2.24) is 5.32 Å². The largest absolute Gasteiger partial charge is 0.481 e. The maximum absolute atomic E-state index is 10.3. The van der Waals surface area contributed by atoms with Crippen LogP contribution in [0.4, 0.5) is 0 Å². The maximum atomic E-state index is 10.3. The molecule has 0 aliphatic carbocycles. The number of carbonyl (C=O) groups is 1. The van der Waals surface area contributed by atoms with Crippen LogP contribution < -0.4 is 5.32 Å². The second-order valence-corrected chi connectivity index (χ2v) is 2.83. The van der Waals surface area contributed by atoms with Crippen molar-refractivity contribution in [3.63, 3.8) is 0 Å². The molecule has 0 amide bonds.